The Kier molecular flexibility index (Phi) is 3.54. The Balaban J connectivity index is 2.02. The lowest BCUT2D eigenvalue weighted by Gasteiger charge is -2.26. The average Bonchev–Trinajstić information content (AvgIpc) is 2.95. The second-order valence-corrected chi connectivity index (χ2v) is 7.13. The number of nitrogens with zero attached hydrogens (tertiary/aromatic N) is 2. The highest BCUT2D eigenvalue weighted by Gasteiger charge is 2.29. The number of rotatable bonds is 4. The number of anilines is 2. The second-order valence-electron chi connectivity index (χ2n) is 5.89. The second kappa shape index (κ2) is 5.20. The number of aromatic nitrogens is 2. The molecule has 0 bridgehead atoms. The molecule has 1 aliphatic rings. The van der Waals surface area contributed by atoms with Gasteiger partial charge in [0.25, 0.3) is 0 Å². The first kappa shape index (κ1) is 13.6. The fourth-order valence-corrected chi connectivity index (χ4v) is 3.82. The van der Waals surface area contributed by atoms with Crippen LogP contribution in [0.5, 0.6) is 0 Å². The third kappa shape index (κ3) is 2.59. The number of aryl methyl sites for hydroxylation is 1. The molecule has 1 saturated carbocycles. The van der Waals surface area contributed by atoms with Crippen LogP contribution in [0, 0.1) is 6.92 Å². The van der Waals surface area contributed by atoms with Crippen LogP contribution in [-0.2, 0) is 0 Å². The number of nitrogens with one attached hydrogen (secondary N) is 2. The summed E-state index contributed by atoms with van der Waals surface area (Å²) in [5, 5.41) is 8.07. The summed E-state index contributed by atoms with van der Waals surface area (Å²) in [6.07, 6.45) is 5.05. The molecule has 3 rings (SSSR count). The molecule has 0 aliphatic heterocycles. The van der Waals surface area contributed by atoms with Crippen molar-refractivity contribution in [3.8, 4) is 0 Å². The molecule has 2 aromatic heterocycles. The monoisotopic (exact) mass is 290 g/mol. The van der Waals surface area contributed by atoms with Crippen molar-refractivity contribution in [2.45, 2.75) is 52.0 Å². The molecule has 0 radical (unpaired) electrons. The summed E-state index contributed by atoms with van der Waals surface area (Å²) in [6.45, 7) is 7.34. The third-order valence-corrected chi connectivity index (χ3v) is 4.92. The molecule has 0 unspecified atom stereocenters. The Bertz CT molecular complexity index is 614. The van der Waals surface area contributed by atoms with Gasteiger partial charge in [-0.15, -0.1) is 11.3 Å². The van der Waals surface area contributed by atoms with Crippen molar-refractivity contribution in [1.82, 2.24) is 9.97 Å². The SMILES string of the molecule is CCNc1nc(NC2(C)CCCC2)c2cc(C)sc2n1. The highest BCUT2D eigenvalue weighted by Crippen LogP contribution is 2.36. The largest absolute Gasteiger partial charge is 0.364 e. The van der Waals surface area contributed by atoms with E-state index in [2.05, 4.69) is 47.4 Å². The molecule has 1 fully saturated rings. The Morgan fingerprint density at radius 2 is 2.05 bits per heavy atom. The molecule has 0 spiro atoms. The van der Waals surface area contributed by atoms with E-state index in [-0.39, 0.29) is 5.54 Å². The van der Waals surface area contributed by atoms with Crippen molar-refractivity contribution >= 4 is 33.3 Å². The summed E-state index contributed by atoms with van der Waals surface area (Å²) in [7, 11) is 0. The zero-order chi connectivity index (χ0) is 14.2. The topological polar surface area (TPSA) is 49.8 Å². The fraction of sp³-hybridized carbons (Fsp3) is 0.600. The Morgan fingerprint density at radius 1 is 1.30 bits per heavy atom. The Morgan fingerprint density at radius 3 is 2.75 bits per heavy atom. The summed E-state index contributed by atoms with van der Waals surface area (Å²) in [5.74, 6) is 1.71. The van der Waals surface area contributed by atoms with Gasteiger partial charge in [0.15, 0.2) is 0 Å². The van der Waals surface area contributed by atoms with Gasteiger partial charge < -0.3 is 10.6 Å². The first-order valence-electron chi connectivity index (χ1n) is 7.40. The fourth-order valence-electron chi connectivity index (χ4n) is 2.94. The average molecular weight is 290 g/mol. The van der Waals surface area contributed by atoms with Crippen LogP contribution in [0.4, 0.5) is 11.8 Å². The maximum atomic E-state index is 4.69. The van der Waals surface area contributed by atoms with Crippen LogP contribution in [0.3, 0.4) is 0 Å². The van der Waals surface area contributed by atoms with Gasteiger partial charge in [-0.1, -0.05) is 12.8 Å². The summed E-state index contributed by atoms with van der Waals surface area (Å²) < 4.78 is 0. The quantitative estimate of drug-likeness (QED) is 0.887. The van der Waals surface area contributed by atoms with E-state index in [9.17, 15) is 0 Å². The van der Waals surface area contributed by atoms with Crippen LogP contribution in [0.25, 0.3) is 10.2 Å². The lowest BCUT2D eigenvalue weighted by atomic mass is 10.0. The third-order valence-electron chi connectivity index (χ3n) is 3.98. The van der Waals surface area contributed by atoms with Crippen molar-refractivity contribution in [2.24, 2.45) is 0 Å². The van der Waals surface area contributed by atoms with Crippen LogP contribution < -0.4 is 10.6 Å². The van der Waals surface area contributed by atoms with E-state index in [1.807, 2.05) is 0 Å². The lowest BCUT2D eigenvalue weighted by Crippen LogP contribution is -2.31. The molecular weight excluding hydrogens is 268 g/mol. The minimum Gasteiger partial charge on any atom is -0.364 e. The van der Waals surface area contributed by atoms with E-state index in [1.165, 1.54) is 30.6 Å². The van der Waals surface area contributed by atoms with E-state index >= 15 is 0 Å². The van der Waals surface area contributed by atoms with Crippen LogP contribution in [0.1, 0.15) is 44.4 Å². The maximum Gasteiger partial charge on any atom is 0.226 e. The summed E-state index contributed by atoms with van der Waals surface area (Å²) in [6, 6.07) is 2.19. The van der Waals surface area contributed by atoms with E-state index < -0.39 is 0 Å². The number of thiophene rings is 1. The first-order chi connectivity index (χ1) is 9.59. The molecule has 0 aromatic carbocycles. The van der Waals surface area contributed by atoms with Gasteiger partial charge in [-0.2, -0.15) is 4.98 Å². The molecule has 1 aliphatic carbocycles. The predicted octanol–water partition coefficient (Wildman–Crippen LogP) is 4.18. The minimum atomic E-state index is 0.181. The van der Waals surface area contributed by atoms with Crippen LogP contribution >= 0.6 is 11.3 Å². The first-order valence-corrected chi connectivity index (χ1v) is 8.21. The van der Waals surface area contributed by atoms with E-state index in [0.717, 1.165) is 28.5 Å². The Labute approximate surface area is 124 Å². The minimum absolute atomic E-state index is 0.181. The molecular formula is C15H22N4S. The summed E-state index contributed by atoms with van der Waals surface area (Å²) in [4.78, 5) is 11.6. The molecule has 0 amide bonds. The maximum absolute atomic E-state index is 4.69. The van der Waals surface area contributed by atoms with Gasteiger partial charge in [-0.05, 0) is 39.7 Å². The standard InChI is InChI=1S/C15H22N4S/c1-4-16-14-17-12(19-15(3)7-5-6-8-15)11-9-10(2)20-13(11)18-14/h9H,4-8H2,1-3H3,(H2,16,17,18,19). The molecule has 4 nitrogen and oxygen atoms in total. The smallest absolute Gasteiger partial charge is 0.226 e. The molecule has 5 heteroatoms. The summed E-state index contributed by atoms with van der Waals surface area (Å²) in [5.41, 5.74) is 0.181. The van der Waals surface area contributed by atoms with Crippen LogP contribution in [-0.4, -0.2) is 22.1 Å². The van der Waals surface area contributed by atoms with E-state index in [0.29, 0.717) is 0 Å². The van der Waals surface area contributed by atoms with Crippen molar-refractivity contribution in [2.75, 3.05) is 17.2 Å². The van der Waals surface area contributed by atoms with Gasteiger partial charge in [0.1, 0.15) is 10.6 Å². The van der Waals surface area contributed by atoms with Gasteiger partial charge in [0.05, 0.1) is 5.39 Å². The molecule has 20 heavy (non-hydrogen) atoms. The summed E-state index contributed by atoms with van der Waals surface area (Å²) >= 11 is 1.73. The molecule has 2 heterocycles. The van der Waals surface area contributed by atoms with Gasteiger partial charge in [0, 0.05) is 17.0 Å². The van der Waals surface area contributed by atoms with E-state index in [1.54, 1.807) is 11.3 Å². The van der Waals surface area contributed by atoms with Gasteiger partial charge >= 0.3 is 0 Å². The number of hydrogen-bond acceptors (Lipinski definition) is 5. The van der Waals surface area contributed by atoms with Crippen LogP contribution in [0.15, 0.2) is 6.07 Å². The molecule has 0 atom stereocenters. The highest BCUT2D eigenvalue weighted by atomic mass is 32.1. The van der Waals surface area contributed by atoms with Gasteiger partial charge in [-0.25, -0.2) is 4.98 Å². The van der Waals surface area contributed by atoms with Crippen LogP contribution in [0.2, 0.25) is 0 Å². The number of hydrogen-bond donors (Lipinski definition) is 2. The zero-order valence-electron chi connectivity index (χ0n) is 12.4. The van der Waals surface area contributed by atoms with Crippen molar-refractivity contribution in [3.63, 3.8) is 0 Å². The zero-order valence-corrected chi connectivity index (χ0v) is 13.2. The van der Waals surface area contributed by atoms with Crippen molar-refractivity contribution in [3.05, 3.63) is 10.9 Å². The van der Waals surface area contributed by atoms with Crippen molar-refractivity contribution < 1.29 is 0 Å². The van der Waals surface area contributed by atoms with E-state index in [4.69, 9.17) is 0 Å². The highest BCUT2D eigenvalue weighted by molar-refractivity contribution is 7.18. The Hall–Kier alpha value is -1.36. The molecule has 108 valence electrons. The molecule has 0 saturated heterocycles. The van der Waals surface area contributed by atoms with Gasteiger partial charge in [-0.3, -0.25) is 0 Å². The van der Waals surface area contributed by atoms with Crippen molar-refractivity contribution in [1.29, 1.82) is 0 Å². The normalized spacial score (nSPS) is 17.6. The predicted molar refractivity (Wildman–Crippen MR) is 86.8 cm³/mol. The molecule has 2 aromatic rings. The lowest BCUT2D eigenvalue weighted by molar-refractivity contribution is 0.532. The molecule has 2 N–H and O–H groups in total. The van der Waals surface area contributed by atoms with Gasteiger partial charge in [0.2, 0.25) is 5.95 Å². The number of fused-ring (bicyclic) bond motifs is 1.